The van der Waals surface area contributed by atoms with E-state index in [1.807, 2.05) is 12.4 Å². The lowest BCUT2D eigenvalue weighted by Crippen LogP contribution is -1.90. The van der Waals surface area contributed by atoms with Crippen LogP contribution >= 0.6 is 11.3 Å². The molecule has 2 heteroatoms. The Kier molecular flexibility index (Phi) is 2.61. The normalized spacial score (nSPS) is 11.2. The van der Waals surface area contributed by atoms with Crippen molar-refractivity contribution in [1.82, 2.24) is 4.98 Å². The standard InChI is InChI=1S/C13H15NS/c1-8(2)10-5-11(9(3)4)13-12(6-10)14-7-15-13/h5-7,9H,1H2,2-4H3. The molecule has 0 unspecified atom stereocenters. The third-order valence-electron chi connectivity index (χ3n) is 2.58. The number of hydrogen-bond donors (Lipinski definition) is 0. The highest BCUT2D eigenvalue weighted by Gasteiger charge is 2.09. The van der Waals surface area contributed by atoms with Crippen LogP contribution in [0.1, 0.15) is 37.8 Å². The van der Waals surface area contributed by atoms with Crippen molar-refractivity contribution in [1.29, 1.82) is 0 Å². The fraction of sp³-hybridized carbons (Fsp3) is 0.308. The Hall–Kier alpha value is -1.15. The molecule has 0 saturated heterocycles. The molecule has 0 radical (unpaired) electrons. The molecular formula is C13H15NS. The van der Waals surface area contributed by atoms with Crippen molar-refractivity contribution in [2.24, 2.45) is 0 Å². The molecule has 15 heavy (non-hydrogen) atoms. The molecule has 0 saturated carbocycles. The molecule has 0 aliphatic heterocycles. The average molecular weight is 217 g/mol. The van der Waals surface area contributed by atoms with Crippen molar-refractivity contribution in [2.75, 3.05) is 0 Å². The number of benzene rings is 1. The molecule has 0 amide bonds. The zero-order valence-corrected chi connectivity index (χ0v) is 10.2. The summed E-state index contributed by atoms with van der Waals surface area (Å²) in [5, 5.41) is 0. The summed E-state index contributed by atoms with van der Waals surface area (Å²) in [6.07, 6.45) is 0. The summed E-state index contributed by atoms with van der Waals surface area (Å²) >= 11 is 1.72. The maximum Gasteiger partial charge on any atom is 0.0820 e. The van der Waals surface area contributed by atoms with Crippen LogP contribution in [0.2, 0.25) is 0 Å². The summed E-state index contributed by atoms with van der Waals surface area (Å²) in [4.78, 5) is 4.38. The lowest BCUT2D eigenvalue weighted by atomic mass is 9.98. The fourth-order valence-electron chi connectivity index (χ4n) is 1.67. The maximum atomic E-state index is 4.38. The third kappa shape index (κ3) is 1.82. The second-order valence-electron chi connectivity index (χ2n) is 4.20. The van der Waals surface area contributed by atoms with Crippen LogP contribution < -0.4 is 0 Å². The van der Waals surface area contributed by atoms with Gasteiger partial charge in [-0.1, -0.05) is 26.0 Å². The van der Waals surface area contributed by atoms with Crippen molar-refractivity contribution < 1.29 is 0 Å². The molecule has 1 aromatic carbocycles. The topological polar surface area (TPSA) is 12.9 Å². The third-order valence-corrected chi connectivity index (χ3v) is 3.47. The Balaban J connectivity index is 2.74. The first kappa shape index (κ1) is 10.4. The Morgan fingerprint density at radius 3 is 2.73 bits per heavy atom. The van der Waals surface area contributed by atoms with E-state index in [-0.39, 0.29) is 0 Å². The second-order valence-corrected chi connectivity index (χ2v) is 5.06. The summed E-state index contributed by atoms with van der Waals surface area (Å²) < 4.78 is 1.31. The quantitative estimate of drug-likeness (QED) is 0.724. The van der Waals surface area contributed by atoms with Crippen molar-refractivity contribution in [3.63, 3.8) is 0 Å². The predicted octanol–water partition coefficient (Wildman–Crippen LogP) is 4.45. The van der Waals surface area contributed by atoms with E-state index in [9.17, 15) is 0 Å². The molecular weight excluding hydrogens is 202 g/mol. The molecule has 0 spiro atoms. The molecule has 2 rings (SSSR count). The molecule has 2 aromatic rings. The number of aromatic nitrogens is 1. The van der Waals surface area contributed by atoms with Gasteiger partial charge in [-0.05, 0) is 36.1 Å². The maximum absolute atomic E-state index is 4.38. The van der Waals surface area contributed by atoms with Gasteiger partial charge in [0.05, 0.1) is 15.7 Å². The lowest BCUT2D eigenvalue weighted by Gasteiger charge is -2.09. The minimum absolute atomic E-state index is 0.534. The Labute approximate surface area is 94.5 Å². The fourth-order valence-corrected chi connectivity index (χ4v) is 2.61. The van der Waals surface area contributed by atoms with E-state index in [1.165, 1.54) is 15.8 Å². The minimum atomic E-state index is 0.534. The molecule has 1 aromatic heterocycles. The Bertz CT molecular complexity index is 508. The number of thiazole rings is 1. The van der Waals surface area contributed by atoms with Gasteiger partial charge in [0, 0.05) is 0 Å². The number of fused-ring (bicyclic) bond motifs is 1. The number of nitrogens with zero attached hydrogens (tertiary/aromatic N) is 1. The first-order valence-electron chi connectivity index (χ1n) is 5.12. The van der Waals surface area contributed by atoms with Crippen LogP contribution in [-0.4, -0.2) is 4.98 Å². The summed E-state index contributed by atoms with van der Waals surface area (Å²) in [5.41, 5.74) is 6.71. The summed E-state index contributed by atoms with van der Waals surface area (Å²) in [5.74, 6) is 0.534. The van der Waals surface area contributed by atoms with Crippen LogP contribution in [0.3, 0.4) is 0 Å². The summed E-state index contributed by atoms with van der Waals surface area (Å²) in [6.45, 7) is 10.5. The van der Waals surface area contributed by atoms with E-state index in [4.69, 9.17) is 0 Å². The van der Waals surface area contributed by atoms with E-state index in [0.717, 1.165) is 11.1 Å². The van der Waals surface area contributed by atoms with Crippen LogP contribution in [0.4, 0.5) is 0 Å². The van der Waals surface area contributed by atoms with Gasteiger partial charge < -0.3 is 0 Å². The molecule has 0 fully saturated rings. The first-order chi connectivity index (χ1) is 7.09. The largest absolute Gasteiger partial charge is 0.245 e. The van der Waals surface area contributed by atoms with Gasteiger partial charge in [-0.2, -0.15) is 0 Å². The van der Waals surface area contributed by atoms with Gasteiger partial charge in [-0.15, -0.1) is 11.3 Å². The zero-order valence-electron chi connectivity index (χ0n) is 9.37. The monoisotopic (exact) mass is 217 g/mol. The van der Waals surface area contributed by atoms with E-state index < -0.39 is 0 Å². The van der Waals surface area contributed by atoms with Gasteiger partial charge in [0.1, 0.15) is 0 Å². The Morgan fingerprint density at radius 1 is 1.40 bits per heavy atom. The molecule has 78 valence electrons. The first-order valence-corrected chi connectivity index (χ1v) is 6.00. The molecule has 0 N–H and O–H groups in total. The highest BCUT2D eigenvalue weighted by atomic mass is 32.1. The Morgan fingerprint density at radius 2 is 2.13 bits per heavy atom. The van der Waals surface area contributed by atoms with Gasteiger partial charge in [0.2, 0.25) is 0 Å². The average Bonchev–Trinajstić information content (AvgIpc) is 2.62. The van der Waals surface area contributed by atoms with E-state index in [0.29, 0.717) is 5.92 Å². The lowest BCUT2D eigenvalue weighted by molar-refractivity contribution is 0.877. The van der Waals surface area contributed by atoms with Crippen LogP contribution in [0.15, 0.2) is 24.2 Å². The molecule has 0 aliphatic carbocycles. The number of rotatable bonds is 2. The zero-order chi connectivity index (χ0) is 11.0. The SMILES string of the molecule is C=C(C)c1cc(C(C)C)c2scnc2c1. The van der Waals surface area contributed by atoms with Crippen molar-refractivity contribution in [2.45, 2.75) is 26.7 Å². The van der Waals surface area contributed by atoms with Gasteiger partial charge in [-0.25, -0.2) is 4.98 Å². The van der Waals surface area contributed by atoms with E-state index >= 15 is 0 Å². The molecule has 1 heterocycles. The van der Waals surface area contributed by atoms with Gasteiger partial charge in [0.25, 0.3) is 0 Å². The minimum Gasteiger partial charge on any atom is -0.245 e. The highest BCUT2D eigenvalue weighted by Crippen LogP contribution is 2.31. The van der Waals surface area contributed by atoms with Crippen LogP contribution in [0.5, 0.6) is 0 Å². The van der Waals surface area contributed by atoms with Crippen LogP contribution in [0.25, 0.3) is 15.8 Å². The second kappa shape index (κ2) is 3.78. The van der Waals surface area contributed by atoms with Gasteiger partial charge in [0.15, 0.2) is 0 Å². The molecule has 0 bridgehead atoms. The smallest absolute Gasteiger partial charge is 0.0820 e. The van der Waals surface area contributed by atoms with Crippen LogP contribution in [0, 0.1) is 0 Å². The highest BCUT2D eigenvalue weighted by molar-refractivity contribution is 7.17. The summed E-state index contributed by atoms with van der Waals surface area (Å²) in [6, 6.07) is 4.37. The van der Waals surface area contributed by atoms with Gasteiger partial charge in [-0.3, -0.25) is 0 Å². The number of hydrogen-bond acceptors (Lipinski definition) is 2. The predicted molar refractivity (Wildman–Crippen MR) is 68.4 cm³/mol. The molecule has 1 nitrogen and oxygen atoms in total. The van der Waals surface area contributed by atoms with Crippen LogP contribution in [-0.2, 0) is 0 Å². The van der Waals surface area contributed by atoms with E-state index in [1.54, 1.807) is 11.3 Å². The number of allylic oxidation sites excluding steroid dienone is 1. The summed E-state index contributed by atoms with van der Waals surface area (Å²) in [7, 11) is 0. The van der Waals surface area contributed by atoms with Gasteiger partial charge >= 0.3 is 0 Å². The van der Waals surface area contributed by atoms with Crippen molar-refractivity contribution >= 4 is 27.1 Å². The van der Waals surface area contributed by atoms with Crippen molar-refractivity contribution in [3.8, 4) is 0 Å². The molecule has 0 atom stereocenters. The molecule has 0 aliphatic rings. The van der Waals surface area contributed by atoms with Crippen molar-refractivity contribution in [3.05, 3.63) is 35.3 Å². The van der Waals surface area contributed by atoms with E-state index in [2.05, 4.69) is 37.5 Å².